The number of hydrogen-bond donors (Lipinski definition) is 3. The number of piperazine rings is 1. The number of carbonyl (C=O) groups excluding carboxylic acids is 2. The summed E-state index contributed by atoms with van der Waals surface area (Å²) in [7, 11) is 0. The standard InChI is InChI=1S/C32H38N4O4/c1-21-28(35-31(38)40-32(2,3)4)17-22(18-29(21)36-15-13-33-14-16-36)19-34-30(37)39-20-27-25-11-7-5-9-23(25)24-10-6-8-12-26(24)27/h5-12,17-18,27,33H,13-16,19-20H2,1-4H3,(H,34,37)(H,35,38). The molecule has 3 N–H and O–H groups in total. The molecule has 1 fully saturated rings. The molecule has 8 nitrogen and oxygen atoms in total. The number of carbonyl (C=O) groups is 2. The minimum absolute atomic E-state index is 0.00136. The van der Waals surface area contributed by atoms with Crippen LogP contribution in [0.15, 0.2) is 60.7 Å². The first-order valence-electron chi connectivity index (χ1n) is 13.9. The topological polar surface area (TPSA) is 91.9 Å². The monoisotopic (exact) mass is 542 g/mol. The maximum Gasteiger partial charge on any atom is 0.412 e. The zero-order valence-corrected chi connectivity index (χ0v) is 23.7. The van der Waals surface area contributed by atoms with Gasteiger partial charge in [-0.2, -0.15) is 0 Å². The molecule has 3 aromatic carbocycles. The van der Waals surface area contributed by atoms with E-state index in [1.165, 1.54) is 22.3 Å². The van der Waals surface area contributed by atoms with Gasteiger partial charge in [0.2, 0.25) is 0 Å². The Morgan fingerprint density at radius 3 is 2.20 bits per heavy atom. The summed E-state index contributed by atoms with van der Waals surface area (Å²) in [5, 5.41) is 9.19. The van der Waals surface area contributed by atoms with Gasteiger partial charge in [-0.25, -0.2) is 9.59 Å². The Kier molecular flexibility index (Phi) is 7.98. The highest BCUT2D eigenvalue weighted by molar-refractivity contribution is 5.88. The summed E-state index contributed by atoms with van der Waals surface area (Å²) in [6.07, 6.45) is -0.990. The third-order valence-electron chi connectivity index (χ3n) is 7.31. The van der Waals surface area contributed by atoms with E-state index < -0.39 is 17.8 Å². The molecule has 0 unspecified atom stereocenters. The number of nitrogens with zero attached hydrogens (tertiary/aromatic N) is 1. The molecule has 0 atom stereocenters. The zero-order valence-electron chi connectivity index (χ0n) is 23.7. The molecule has 0 bridgehead atoms. The number of fused-ring (bicyclic) bond motifs is 3. The molecule has 5 rings (SSSR count). The number of rotatable bonds is 6. The summed E-state index contributed by atoms with van der Waals surface area (Å²) in [5.74, 6) is 0.00136. The van der Waals surface area contributed by atoms with Crippen LogP contribution in [0.3, 0.4) is 0 Å². The number of hydrogen-bond acceptors (Lipinski definition) is 6. The van der Waals surface area contributed by atoms with Crippen molar-refractivity contribution in [2.75, 3.05) is 43.0 Å². The largest absolute Gasteiger partial charge is 0.449 e. The van der Waals surface area contributed by atoms with Gasteiger partial charge in [-0.15, -0.1) is 0 Å². The van der Waals surface area contributed by atoms with E-state index >= 15 is 0 Å². The van der Waals surface area contributed by atoms with Crippen LogP contribution in [0.4, 0.5) is 21.0 Å². The van der Waals surface area contributed by atoms with Crippen LogP contribution in [-0.2, 0) is 16.0 Å². The van der Waals surface area contributed by atoms with Gasteiger partial charge in [0.25, 0.3) is 0 Å². The summed E-state index contributed by atoms with van der Waals surface area (Å²) in [6, 6.07) is 20.5. The Hall–Kier alpha value is -4.04. The molecular formula is C32H38N4O4. The molecule has 2 amide bonds. The molecule has 0 spiro atoms. The Balaban J connectivity index is 1.28. The molecule has 2 aliphatic rings. The van der Waals surface area contributed by atoms with Crippen molar-refractivity contribution in [2.24, 2.45) is 0 Å². The predicted octanol–water partition coefficient (Wildman–Crippen LogP) is 5.79. The molecule has 210 valence electrons. The second-order valence-electron chi connectivity index (χ2n) is 11.3. The minimum Gasteiger partial charge on any atom is -0.449 e. The maximum absolute atomic E-state index is 12.8. The highest BCUT2D eigenvalue weighted by Crippen LogP contribution is 2.44. The van der Waals surface area contributed by atoms with E-state index in [1.54, 1.807) is 0 Å². The lowest BCUT2D eigenvalue weighted by Gasteiger charge is -2.32. The van der Waals surface area contributed by atoms with Gasteiger partial charge in [0.15, 0.2) is 0 Å². The highest BCUT2D eigenvalue weighted by atomic mass is 16.6. The summed E-state index contributed by atoms with van der Waals surface area (Å²) in [5.41, 5.74) is 7.63. The van der Waals surface area contributed by atoms with Crippen LogP contribution in [0.1, 0.15) is 48.9 Å². The van der Waals surface area contributed by atoms with Crippen molar-refractivity contribution in [3.63, 3.8) is 0 Å². The third kappa shape index (κ3) is 6.23. The number of amides is 2. The molecule has 0 aromatic heterocycles. The number of benzene rings is 3. The van der Waals surface area contributed by atoms with Gasteiger partial charge in [0.1, 0.15) is 12.2 Å². The lowest BCUT2D eigenvalue weighted by atomic mass is 9.98. The van der Waals surface area contributed by atoms with Gasteiger partial charge < -0.3 is 25.0 Å². The molecule has 1 aliphatic carbocycles. The normalized spacial score (nSPS) is 14.8. The summed E-state index contributed by atoms with van der Waals surface area (Å²) in [4.78, 5) is 27.7. The summed E-state index contributed by atoms with van der Waals surface area (Å²) in [6.45, 7) is 11.5. The number of ether oxygens (including phenoxy) is 2. The van der Waals surface area contributed by atoms with Crippen molar-refractivity contribution in [1.82, 2.24) is 10.6 Å². The molecular weight excluding hydrogens is 504 g/mol. The Labute approximate surface area is 236 Å². The van der Waals surface area contributed by atoms with Crippen molar-refractivity contribution in [3.8, 4) is 11.1 Å². The molecule has 0 radical (unpaired) electrons. The van der Waals surface area contributed by atoms with Crippen LogP contribution in [-0.4, -0.2) is 50.6 Å². The average molecular weight is 543 g/mol. The van der Waals surface area contributed by atoms with Crippen molar-refractivity contribution < 1.29 is 19.1 Å². The van der Waals surface area contributed by atoms with E-state index in [-0.39, 0.29) is 19.1 Å². The highest BCUT2D eigenvalue weighted by Gasteiger charge is 2.29. The van der Waals surface area contributed by atoms with Gasteiger partial charge in [-0.3, -0.25) is 5.32 Å². The number of anilines is 2. The molecule has 1 aliphatic heterocycles. The molecule has 0 saturated carbocycles. The Morgan fingerprint density at radius 1 is 0.950 bits per heavy atom. The van der Waals surface area contributed by atoms with Gasteiger partial charge in [-0.05, 0) is 73.2 Å². The Morgan fingerprint density at radius 2 is 1.57 bits per heavy atom. The first-order chi connectivity index (χ1) is 19.2. The fourth-order valence-electron chi connectivity index (χ4n) is 5.46. The van der Waals surface area contributed by atoms with Gasteiger partial charge in [-0.1, -0.05) is 48.5 Å². The predicted molar refractivity (Wildman–Crippen MR) is 158 cm³/mol. The van der Waals surface area contributed by atoms with Crippen LogP contribution in [0.25, 0.3) is 11.1 Å². The molecule has 1 heterocycles. The lowest BCUT2D eigenvalue weighted by molar-refractivity contribution is 0.0635. The van der Waals surface area contributed by atoms with Gasteiger partial charge in [0.05, 0.1) is 0 Å². The third-order valence-corrected chi connectivity index (χ3v) is 7.31. The molecule has 1 saturated heterocycles. The smallest absolute Gasteiger partial charge is 0.412 e. The second kappa shape index (κ2) is 11.6. The number of nitrogens with one attached hydrogen (secondary N) is 3. The fraction of sp³-hybridized carbons (Fsp3) is 0.375. The van der Waals surface area contributed by atoms with E-state index in [9.17, 15) is 9.59 Å². The number of alkyl carbamates (subject to hydrolysis) is 1. The summed E-state index contributed by atoms with van der Waals surface area (Å²) < 4.78 is 11.2. The van der Waals surface area contributed by atoms with Gasteiger partial charge in [0, 0.05) is 50.0 Å². The molecule has 8 heteroatoms. The first kappa shape index (κ1) is 27.5. The van der Waals surface area contributed by atoms with Crippen LogP contribution in [0.5, 0.6) is 0 Å². The van der Waals surface area contributed by atoms with Crippen LogP contribution >= 0.6 is 0 Å². The lowest BCUT2D eigenvalue weighted by Crippen LogP contribution is -2.44. The van der Waals surface area contributed by atoms with Crippen molar-refractivity contribution in [1.29, 1.82) is 0 Å². The fourth-order valence-corrected chi connectivity index (χ4v) is 5.46. The van der Waals surface area contributed by atoms with E-state index in [0.717, 1.165) is 43.0 Å². The Bertz CT molecular complexity index is 1350. The first-order valence-corrected chi connectivity index (χ1v) is 13.9. The summed E-state index contributed by atoms with van der Waals surface area (Å²) >= 11 is 0. The molecule has 40 heavy (non-hydrogen) atoms. The van der Waals surface area contributed by atoms with Crippen molar-refractivity contribution in [2.45, 2.75) is 45.8 Å². The van der Waals surface area contributed by atoms with E-state index in [0.29, 0.717) is 5.69 Å². The second-order valence-corrected chi connectivity index (χ2v) is 11.3. The maximum atomic E-state index is 12.8. The van der Waals surface area contributed by atoms with Crippen LogP contribution in [0.2, 0.25) is 0 Å². The van der Waals surface area contributed by atoms with E-state index in [1.807, 2.05) is 58.0 Å². The SMILES string of the molecule is Cc1c(NC(=O)OC(C)(C)C)cc(CNC(=O)OCC2c3ccccc3-c3ccccc32)cc1N1CCNCC1. The van der Waals surface area contributed by atoms with Gasteiger partial charge >= 0.3 is 12.2 Å². The van der Waals surface area contributed by atoms with Crippen molar-refractivity contribution >= 4 is 23.6 Å². The van der Waals surface area contributed by atoms with E-state index in [2.05, 4.69) is 51.2 Å². The zero-order chi connectivity index (χ0) is 28.3. The van der Waals surface area contributed by atoms with E-state index in [4.69, 9.17) is 9.47 Å². The minimum atomic E-state index is -0.609. The van der Waals surface area contributed by atoms with Crippen molar-refractivity contribution in [3.05, 3.63) is 82.9 Å². The van der Waals surface area contributed by atoms with Crippen LogP contribution < -0.4 is 20.9 Å². The quantitative estimate of drug-likeness (QED) is 0.365. The average Bonchev–Trinajstić information content (AvgIpc) is 3.25. The molecule has 3 aromatic rings. The van der Waals surface area contributed by atoms with Crippen LogP contribution in [0, 0.1) is 6.92 Å².